The summed E-state index contributed by atoms with van der Waals surface area (Å²) in [6.45, 7) is 4.15. The molecule has 0 aliphatic heterocycles. The van der Waals surface area contributed by atoms with E-state index in [1.54, 1.807) is 0 Å². The Bertz CT molecular complexity index is 240. The predicted molar refractivity (Wildman–Crippen MR) is 40.4 cm³/mol. The highest BCUT2D eigenvalue weighted by atomic mass is 16.4. The first kappa shape index (κ1) is 7.98. The molecule has 3 nitrogen and oxygen atoms in total. The second-order valence-electron chi connectivity index (χ2n) is 2.87. The molecule has 0 unspecified atom stereocenters. The Labute approximate surface area is 65.4 Å². The quantitative estimate of drug-likeness (QED) is 0.620. The lowest BCUT2D eigenvalue weighted by Crippen LogP contribution is -1.92. The van der Waals surface area contributed by atoms with Crippen molar-refractivity contribution in [3.8, 4) is 0 Å². The molecule has 0 N–H and O–H groups in total. The Balaban J connectivity index is 2.65. The van der Waals surface area contributed by atoms with Crippen LogP contribution in [0.2, 0.25) is 0 Å². The third-order valence-electron chi connectivity index (χ3n) is 1.27. The number of hydrogen-bond acceptors (Lipinski definition) is 3. The lowest BCUT2D eigenvalue weighted by molar-refractivity contribution is 0.109. The Kier molecular flexibility index (Phi) is 2.41. The number of oxazole rings is 1. The van der Waals surface area contributed by atoms with Gasteiger partial charge in [-0.15, -0.1) is 0 Å². The molecule has 0 saturated carbocycles. The Morgan fingerprint density at radius 2 is 2.45 bits per heavy atom. The molecule has 0 bridgehead atoms. The molecule has 1 heterocycles. The van der Waals surface area contributed by atoms with E-state index in [0.29, 0.717) is 23.9 Å². The van der Waals surface area contributed by atoms with Crippen LogP contribution in [0.15, 0.2) is 10.6 Å². The molecule has 0 saturated heterocycles. The normalized spacial score (nSPS) is 10.5. The first-order chi connectivity index (χ1) is 5.22. The number of aromatic nitrogens is 1. The van der Waals surface area contributed by atoms with E-state index in [9.17, 15) is 4.79 Å². The van der Waals surface area contributed by atoms with Crippen LogP contribution in [-0.4, -0.2) is 11.3 Å². The molecule has 0 spiro atoms. The fourth-order valence-electron chi connectivity index (χ4n) is 0.822. The van der Waals surface area contributed by atoms with Gasteiger partial charge in [0.15, 0.2) is 17.9 Å². The SMILES string of the molecule is CC(C)Cc1ncc(C=O)o1. The third-order valence-corrected chi connectivity index (χ3v) is 1.27. The van der Waals surface area contributed by atoms with Crippen molar-refractivity contribution in [1.29, 1.82) is 0 Å². The van der Waals surface area contributed by atoms with Gasteiger partial charge in [0, 0.05) is 6.42 Å². The lowest BCUT2D eigenvalue weighted by atomic mass is 10.1. The summed E-state index contributed by atoms with van der Waals surface area (Å²) in [6.07, 6.45) is 2.90. The van der Waals surface area contributed by atoms with Gasteiger partial charge >= 0.3 is 0 Å². The molecule has 11 heavy (non-hydrogen) atoms. The first-order valence-electron chi connectivity index (χ1n) is 3.62. The maximum absolute atomic E-state index is 10.2. The summed E-state index contributed by atoms with van der Waals surface area (Å²) in [5.41, 5.74) is 0. The highest BCUT2D eigenvalue weighted by molar-refractivity contribution is 5.69. The molecule has 60 valence electrons. The molecule has 1 rings (SSSR count). The average molecular weight is 153 g/mol. The van der Waals surface area contributed by atoms with Crippen LogP contribution >= 0.6 is 0 Å². The van der Waals surface area contributed by atoms with Crippen LogP contribution in [0.25, 0.3) is 0 Å². The largest absolute Gasteiger partial charge is 0.438 e. The number of nitrogens with zero attached hydrogens (tertiary/aromatic N) is 1. The molecule has 0 amide bonds. The molecule has 0 aliphatic rings. The summed E-state index contributed by atoms with van der Waals surface area (Å²) >= 11 is 0. The summed E-state index contributed by atoms with van der Waals surface area (Å²) < 4.78 is 5.06. The van der Waals surface area contributed by atoms with Gasteiger partial charge in [-0.2, -0.15) is 0 Å². The zero-order valence-electron chi connectivity index (χ0n) is 6.70. The van der Waals surface area contributed by atoms with E-state index in [2.05, 4.69) is 18.8 Å². The molecule has 0 radical (unpaired) electrons. The van der Waals surface area contributed by atoms with Crippen molar-refractivity contribution in [2.75, 3.05) is 0 Å². The van der Waals surface area contributed by atoms with Gasteiger partial charge in [0.2, 0.25) is 0 Å². The van der Waals surface area contributed by atoms with E-state index in [-0.39, 0.29) is 0 Å². The van der Waals surface area contributed by atoms with Crippen molar-refractivity contribution in [2.45, 2.75) is 20.3 Å². The minimum absolute atomic E-state index is 0.306. The molecule has 0 atom stereocenters. The van der Waals surface area contributed by atoms with Crippen LogP contribution in [0.3, 0.4) is 0 Å². The van der Waals surface area contributed by atoms with Gasteiger partial charge in [-0.25, -0.2) is 4.98 Å². The molecule has 1 aromatic rings. The van der Waals surface area contributed by atoms with Gasteiger partial charge in [0.05, 0.1) is 6.20 Å². The Morgan fingerprint density at radius 1 is 1.73 bits per heavy atom. The van der Waals surface area contributed by atoms with Gasteiger partial charge in [-0.3, -0.25) is 4.79 Å². The highest BCUT2D eigenvalue weighted by Crippen LogP contribution is 2.06. The van der Waals surface area contributed by atoms with Crippen molar-refractivity contribution in [2.24, 2.45) is 5.92 Å². The van der Waals surface area contributed by atoms with Crippen molar-refractivity contribution in [3.63, 3.8) is 0 Å². The van der Waals surface area contributed by atoms with Crippen molar-refractivity contribution < 1.29 is 9.21 Å². The number of carbonyl (C=O) groups excluding carboxylic acids is 1. The minimum Gasteiger partial charge on any atom is -0.438 e. The summed E-state index contributed by atoms with van der Waals surface area (Å²) in [6, 6.07) is 0. The first-order valence-corrected chi connectivity index (χ1v) is 3.62. The van der Waals surface area contributed by atoms with Gasteiger partial charge in [-0.1, -0.05) is 13.8 Å². The Hall–Kier alpha value is -1.12. The Morgan fingerprint density at radius 3 is 2.91 bits per heavy atom. The molecular formula is C8H11NO2. The van der Waals surface area contributed by atoms with Crippen LogP contribution < -0.4 is 0 Å². The summed E-state index contributed by atoms with van der Waals surface area (Å²) in [7, 11) is 0. The second-order valence-corrected chi connectivity index (χ2v) is 2.87. The van der Waals surface area contributed by atoms with Gasteiger partial charge in [0.25, 0.3) is 0 Å². The van der Waals surface area contributed by atoms with Crippen LogP contribution in [0, 0.1) is 5.92 Å². The number of carbonyl (C=O) groups is 1. The summed E-state index contributed by atoms with van der Waals surface area (Å²) in [5, 5.41) is 0. The fraction of sp³-hybridized carbons (Fsp3) is 0.500. The fourth-order valence-corrected chi connectivity index (χ4v) is 0.822. The molecule has 0 aromatic carbocycles. The number of rotatable bonds is 3. The van der Waals surface area contributed by atoms with Gasteiger partial charge in [-0.05, 0) is 5.92 Å². The zero-order valence-corrected chi connectivity index (χ0v) is 6.70. The molecular weight excluding hydrogens is 142 g/mol. The highest BCUT2D eigenvalue weighted by Gasteiger charge is 2.04. The zero-order chi connectivity index (χ0) is 8.27. The van der Waals surface area contributed by atoms with E-state index in [4.69, 9.17) is 4.42 Å². The van der Waals surface area contributed by atoms with Crippen LogP contribution in [-0.2, 0) is 6.42 Å². The standard InChI is InChI=1S/C8H11NO2/c1-6(2)3-8-9-4-7(5-10)11-8/h4-6H,3H2,1-2H3. The topological polar surface area (TPSA) is 43.1 Å². The predicted octanol–water partition coefficient (Wildman–Crippen LogP) is 1.69. The maximum atomic E-state index is 10.2. The molecule has 0 fully saturated rings. The van der Waals surface area contributed by atoms with Crippen molar-refractivity contribution in [1.82, 2.24) is 4.98 Å². The number of hydrogen-bond donors (Lipinski definition) is 0. The minimum atomic E-state index is 0.306. The molecule has 1 aromatic heterocycles. The van der Waals surface area contributed by atoms with E-state index >= 15 is 0 Å². The maximum Gasteiger partial charge on any atom is 0.195 e. The second kappa shape index (κ2) is 3.32. The van der Waals surface area contributed by atoms with E-state index < -0.39 is 0 Å². The molecule has 0 aliphatic carbocycles. The van der Waals surface area contributed by atoms with Crippen molar-refractivity contribution >= 4 is 6.29 Å². The summed E-state index contributed by atoms with van der Waals surface area (Å²) in [4.78, 5) is 14.1. The smallest absolute Gasteiger partial charge is 0.195 e. The van der Waals surface area contributed by atoms with Crippen LogP contribution in [0.1, 0.15) is 30.3 Å². The van der Waals surface area contributed by atoms with Crippen molar-refractivity contribution in [3.05, 3.63) is 17.8 Å². The van der Waals surface area contributed by atoms with E-state index in [0.717, 1.165) is 6.42 Å². The average Bonchev–Trinajstić information content (AvgIpc) is 2.34. The lowest BCUT2D eigenvalue weighted by Gasteiger charge is -1.96. The van der Waals surface area contributed by atoms with Gasteiger partial charge < -0.3 is 4.42 Å². The number of aldehydes is 1. The van der Waals surface area contributed by atoms with E-state index in [1.165, 1.54) is 6.20 Å². The van der Waals surface area contributed by atoms with Gasteiger partial charge in [0.1, 0.15) is 0 Å². The van der Waals surface area contributed by atoms with Crippen LogP contribution in [0.4, 0.5) is 0 Å². The monoisotopic (exact) mass is 153 g/mol. The third kappa shape index (κ3) is 2.18. The molecule has 3 heteroatoms. The van der Waals surface area contributed by atoms with Crippen LogP contribution in [0.5, 0.6) is 0 Å². The van der Waals surface area contributed by atoms with E-state index in [1.807, 2.05) is 0 Å². The summed E-state index contributed by atoms with van der Waals surface area (Å²) in [5.74, 6) is 1.45.